The van der Waals surface area contributed by atoms with Gasteiger partial charge in [-0.1, -0.05) is 12.1 Å². The lowest BCUT2D eigenvalue weighted by atomic mass is 9.96. The SMILES string of the molecule is CN=C(NCC1(c2ccc(F)cc2)CC1)N1CCC(COC)C1. The summed E-state index contributed by atoms with van der Waals surface area (Å²) >= 11 is 0. The Labute approximate surface area is 137 Å². The van der Waals surface area contributed by atoms with E-state index in [0.717, 1.165) is 51.5 Å². The first-order chi connectivity index (χ1) is 11.2. The van der Waals surface area contributed by atoms with Gasteiger partial charge in [0.1, 0.15) is 5.82 Å². The Hall–Kier alpha value is -1.62. The fourth-order valence-electron chi connectivity index (χ4n) is 3.50. The molecule has 1 aliphatic heterocycles. The topological polar surface area (TPSA) is 36.9 Å². The molecule has 126 valence electrons. The van der Waals surface area contributed by atoms with E-state index in [4.69, 9.17) is 4.74 Å². The monoisotopic (exact) mass is 319 g/mol. The lowest BCUT2D eigenvalue weighted by Gasteiger charge is -2.24. The van der Waals surface area contributed by atoms with Gasteiger partial charge in [-0.3, -0.25) is 4.99 Å². The number of hydrogen-bond donors (Lipinski definition) is 1. The highest BCUT2D eigenvalue weighted by Gasteiger charge is 2.44. The minimum Gasteiger partial charge on any atom is -0.384 e. The van der Waals surface area contributed by atoms with Gasteiger partial charge in [-0.05, 0) is 37.0 Å². The van der Waals surface area contributed by atoms with Crippen molar-refractivity contribution >= 4 is 5.96 Å². The number of likely N-dealkylation sites (tertiary alicyclic amines) is 1. The van der Waals surface area contributed by atoms with Crippen molar-refractivity contribution in [1.82, 2.24) is 10.2 Å². The smallest absolute Gasteiger partial charge is 0.193 e. The molecule has 2 aliphatic rings. The lowest BCUT2D eigenvalue weighted by Crippen LogP contribution is -2.43. The second kappa shape index (κ2) is 6.87. The van der Waals surface area contributed by atoms with Crippen LogP contribution in [-0.4, -0.2) is 51.3 Å². The van der Waals surface area contributed by atoms with Crippen LogP contribution in [0, 0.1) is 11.7 Å². The number of benzene rings is 1. The number of rotatable bonds is 5. The third-order valence-corrected chi connectivity index (χ3v) is 5.09. The highest BCUT2D eigenvalue weighted by atomic mass is 19.1. The third kappa shape index (κ3) is 3.66. The fourth-order valence-corrected chi connectivity index (χ4v) is 3.50. The summed E-state index contributed by atoms with van der Waals surface area (Å²) in [7, 11) is 3.60. The van der Waals surface area contributed by atoms with Crippen molar-refractivity contribution < 1.29 is 9.13 Å². The van der Waals surface area contributed by atoms with Crippen LogP contribution in [0.1, 0.15) is 24.8 Å². The van der Waals surface area contributed by atoms with E-state index in [1.807, 2.05) is 19.2 Å². The summed E-state index contributed by atoms with van der Waals surface area (Å²) in [6, 6.07) is 6.94. The van der Waals surface area contributed by atoms with E-state index in [1.54, 1.807) is 19.2 Å². The number of guanidine groups is 1. The van der Waals surface area contributed by atoms with Gasteiger partial charge in [-0.25, -0.2) is 4.39 Å². The maximum absolute atomic E-state index is 13.1. The molecule has 1 aromatic carbocycles. The predicted molar refractivity (Wildman–Crippen MR) is 90.2 cm³/mol. The molecule has 0 bridgehead atoms. The Morgan fingerprint density at radius 2 is 2.13 bits per heavy atom. The average Bonchev–Trinajstić information content (AvgIpc) is 3.21. The number of methoxy groups -OCH3 is 1. The van der Waals surface area contributed by atoms with Crippen molar-refractivity contribution in [1.29, 1.82) is 0 Å². The van der Waals surface area contributed by atoms with Crippen LogP contribution >= 0.6 is 0 Å². The standard InChI is InChI=1S/C18H26FN3O/c1-20-17(22-10-7-14(11-22)12-23-2)21-13-18(8-9-18)15-3-5-16(19)6-4-15/h3-6,14H,7-13H2,1-2H3,(H,20,21). The number of ether oxygens (including phenoxy) is 1. The van der Waals surface area contributed by atoms with Crippen LogP contribution in [0.2, 0.25) is 0 Å². The normalized spacial score (nSPS) is 23.2. The van der Waals surface area contributed by atoms with E-state index >= 15 is 0 Å². The summed E-state index contributed by atoms with van der Waals surface area (Å²) < 4.78 is 18.4. The second-order valence-electron chi connectivity index (χ2n) is 6.74. The van der Waals surface area contributed by atoms with Gasteiger partial charge in [0.25, 0.3) is 0 Å². The van der Waals surface area contributed by atoms with E-state index in [0.29, 0.717) is 5.92 Å². The van der Waals surface area contributed by atoms with E-state index in [1.165, 1.54) is 5.56 Å². The molecule has 1 saturated heterocycles. The molecule has 2 fully saturated rings. The van der Waals surface area contributed by atoms with Crippen molar-refractivity contribution in [2.75, 3.05) is 40.4 Å². The Morgan fingerprint density at radius 3 is 2.74 bits per heavy atom. The number of halogens is 1. The largest absolute Gasteiger partial charge is 0.384 e. The summed E-state index contributed by atoms with van der Waals surface area (Å²) in [6.45, 7) is 3.69. The molecule has 0 spiro atoms. The Bertz CT molecular complexity index is 554. The summed E-state index contributed by atoms with van der Waals surface area (Å²) in [4.78, 5) is 6.74. The number of nitrogens with zero attached hydrogens (tertiary/aromatic N) is 2. The molecule has 1 N–H and O–H groups in total. The van der Waals surface area contributed by atoms with Gasteiger partial charge in [0.05, 0.1) is 6.61 Å². The first-order valence-corrected chi connectivity index (χ1v) is 8.37. The van der Waals surface area contributed by atoms with Crippen LogP contribution < -0.4 is 5.32 Å². The van der Waals surface area contributed by atoms with Crippen LogP contribution in [0.3, 0.4) is 0 Å². The fraction of sp³-hybridized carbons (Fsp3) is 0.611. The molecule has 23 heavy (non-hydrogen) atoms. The van der Waals surface area contributed by atoms with E-state index in [2.05, 4.69) is 15.2 Å². The van der Waals surface area contributed by atoms with Crippen molar-refractivity contribution in [2.24, 2.45) is 10.9 Å². The Kier molecular flexibility index (Phi) is 4.85. The third-order valence-electron chi connectivity index (χ3n) is 5.09. The summed E-state index contributed by atoms with van der Waals surface area (Å²) in [6.07, 6.45) is 3.45. The van der Waals surface area contributed by atoms with Crippen LogP contribution in [0.5, 0.6) is 0 Å². The maximum atomic E-state index is 13.1. The molecule has 4 nitrogen and oxygen atoms in total. The highest BCUT2D eigenvalue weighted by molar-refractivity contribution is 5.80. The molecule has 0 amide bonds. The summed E-state index contributed by atoms with van der Waals surface area (Å²) in [5.41, 5.74) is 1.37. The predicted octanol–water partition coefficient (Wildman–Crippen LogP) is 2.40. The van der Waals surface area contributed by atoms with E-state index < -0.39 is 0 Å². The maximum Gasteiger partial charge on any atom is 0.193 e. The van der Waals surface area contributed by atoms with Gasteiger partial charge in [0.2, 0.25) is 0 Å². The average molecular weight is 319 g/mol. The lowest BCUT2D eigenvalue weighted by molar-refractivity contribution is 0.157. The van der Waals surface area contributed by atoms with E-state index in [-0.39, 0.29) is 11.2 Å². The van der Waals surface area contributed by atoms with Gasteiger partial charge in [0.15, 0.2) is 5.96 Å². The number of hydrogen-bond acceptors (Lipinski definition) is 2. The summed E-state index contributed by atoms with van der Waals surface area (Å²) in [5, 5.41) is 3.53. The first-order valence-electron chi connectivity index (χ1n) is 8.37. The van der Waals surface area contributed by atoms with Crippen LogP contribution in [-0.2, 0) is 10.2 Å². The minimum atomic E-state index is -0.172. The van der Waals surface area contributed by atoms with Crippen LogP contribution in [0.15, 0.2) is 29.3 Å². The molecule has 1 atom stereocenters. The zero-order valence-corrected chi connectivity index (χ0v) is 14.0. The zero-order valence-electron chi connectivity index (χ0n) is 14.0. The molecule has 1 unspecified atom stereocenters. The Morgan fingerprint density at radius 1 is 1.39 bits per heavy atom. The second-order valence-corrected chi connectivity index (χ2v) is 6.74. The Balaban J connectivity index is 1.57. The zero-order chi connectivity index (χ0) is 16.3. The number of aliphatic imine (C=N–C) groups is 1. The minimum absolute atomic E-state index is 0.148. The molecular weight excluding hydrogens is 293 g/mol. The molecule has 5 heteroatoms. The molecule has 0 aromatic heterocycles. The van der Waals surface area contributed by atoms with Crippen LogP contribution in [0.25, 0.3) is 0 Å². The molecular formula is C18H26FN3O. The quantitative estimate of drug-likeness (QED) is 0.669. The van der Waals surface area contributed by atoms with E-state index in [9.17, 15) is 4.39 Å². The summed E-state index contributed by atoms with van der Waals surface area (Å²) in [5.74, 6) is 1.39. The number of nitrogens with one attached hydrogen (secondary N) is 1. The van der Waals surface area contributed by atoms with Crippen LogP contribution in [0.4, 0.5) is 4.39 Å². The molecule has 1 aromatic rings. The molecule has 0 radical (unpaired) electrons. The van der Waals surface area contributed by atoms with Crippen molar-refractivity contribution in [3.05, 3.63) is 35.6 Å². The molecule has 1 heterocycles. The highest BCUT2D eigenvalue weighted by Crippen LogP contribution is 2.47. The van der Waals surface area contributed by atoms with Gasteiger partial charge >= 0.3 is 0 Å². The van der Waals surface area contributed by atoms with Crippen molar-refractivity contribution in [3.63, 3.8) is 0 Å². The van der Waals surface area contributed by atoms with Gasteiger partial charge in [-0.15, -0.1) is 0 Å². The first kappa shape index (κ1) is 16.2. The molecule has 1 aliphatic carbocycles. The molecule has 1 saturated carbocycles. The van der Waals surface area contributed by atoms with Gasteiger partial charge < -0.3 is 15.0 Å². The van der Waals surface area contributed by atoms with Gasteiger partial charge in [0, 0.05) is 45.1 Å². The van der Waals surface area contributed by atoms with Crippen molar-refractivity contribution in [2.45, 2.75) is 24.7 Å². The molecule has 3 rings (SSSR count). The van der Waals surface area contributed by atoms with Crippen molar-refractivity contribution in [3.8, 4) is 0 Å². The van der Waals surface area contributed by atoms with Gasteiger partial charge in [-0.2, -0.15) is 0 Å².